The molecule has 0 radical (unpaired) electrons. The number of aryl methyl sites for hydroxylation is 2. The largest absolute Gasteiger partial charge is 0.378 e. The molecule has 1 N–H and O–H groups in total. The molecule has 6 rings (SSSR count). The minimum absolute atomic E-state index is 0.0338. The van der Waals surface area contributed by atoms with Crippen LogP contribution in [-0.2, 0) is 31.0 Å². The zero-order chi connectivity index (χ0) is 30.8. The van der Waals surface area contributed by atoms with Crippen LogP contribution in [-0.4, -0.2) is 52.4 Å². The van der Waals surface area contributed by atoms with Gasteiger partial charge in [0.2, 0.25) is 0 Å². The van der Waals surface area contributed by atoms with Gasteiger partial charge in [-0.05, 0) is 79.1 Å². The van der Waals surface area contributed by atoms with E-state index in [1.807, 2.05) is 25.1 Å². The van der Waals surface area contributed by atoms with Crippen molar-refractivity contribution < 1.29 is 14.3 Å². The lowest BCUT2D eigenvalue weighted by Crippen LogP contribution is -2.40. The molecule has 8 nitrogen and oxygen atoms in total. The van der Waals surface area contributed by atoms with Gasteiger partial charge < -0.3 is 19.5 Å². The number of Topliss-reactive ketones (excluding diaryl/α,β-unsaturated/α-hetero) is 1. The van der Waals surface area contributed by atoms with Gasteiger partial charge in [0, 0.05) is 54.4 Å². The molecule has 3 heterocycles. The fourth-order valence-corrected chi connectivity index (χ4v) is 7.24. The van der Waals surface area contributed by atoms with Gasteiger partial charge in [-0.2, -0.15) is 0 Å². The molecule has 0 bridgehead atoms. The van der Waals surface area contributed by atoms with Gasteiger partial charge in [0.1, 0.15) is 0 Å². The van der Waals surface area contributed by atoms with Crippen LogP contribution in [0.4, 0.5) is 11.5 Å². The van der Waals surface area contributed by atoms with Crippen LogP contribution in [0.25, 0.3) is 11.3 Å². The van der Waals surface area contributed by atoms with Gasteiger partial charge >= 0.3 is 0 Å². The lowest BCUT2D eigenvalue weighted by molar-refractivity contribution is 0.0303. The average Bonchev–Trinajstić information content (AvgIpc) is 3.48. The normalized spacial score (nSPS) is 16.4. The van der Waals surface area contributed by atoms with Gasteiger partial charge in [0.25, 0.3) is 11.5 Å². The number of hydrogen-bond acceptors (Lipinski definition) is 7. The molecule has 1 aliphatic heterocycles. The Kier molecular flexibility index (Phi) is 8.77. The number of hydrogen-bond donors (Lipinski definition) is 1. The van der Waals surface area contributed by atoms with E-state index in [4.69, 9.17) is 9.72 Å². The molecule has 4 aromatic rings. The molecule has 1 saturated heterocycles. The number of rotatable bonds is 8. The van der Waals surface area contributed by atoms with E-state index in [9.17, 15) is 14.4 Å². The number of morpholine rings is 1. The summed E-state index contributed by atoms with van der Waals surface area (Å²) in [5.74, 6) is 1.02. The van der Waals surface area contributed by atoms with Crippen molar-refractivity contribution >= 4 is 34.5 Å². The predicted octanol–water partition coefficient (Wildman–Crippen LogP) is 5.97. The van der Waals surface area contributed by atoms with Crippen LogP contribution in [0.2, 0.25) is 0 Å². The van der Waals surface area contributed by atoms with Crippen molar-refractivity contribution in [3.63, 3.8) is 0 Å². The Labute approximate surface area is 261 Å². The number of ether oxygens (including phenoxy) is 1. The first-order chi connectivity index (χ1) is 21.3. The van der Waals surface area contributed by atoms with Crippen molar-refractivity contribution in [3.8, 4) is 11.3 Å². The van der Waals surface area contributed by atoms with Crippen LogP contribution in [0.5, 0.6) is 0 Å². The van der Waals surface area contributed by atoms with Crippen molar-refractivity contribution in [2.75, 3.05) is 31.6 Å². The highest BCUT2D eigenvalue weighted by molar-refractivity contribution is 7.14. The summed E-state index contributed by atoms with van der Waals surface area (Å²) in [6.07, 6.45) is 6.60. The monoisotopic (exact) mass is 610 g/mol. The maximum Gasteiger partial charge on any atom is 0.293 e. The molecule has 1 fully saturated rings. The fraction of sp³-hybridized carbons (Fsp3) is 0.371. The summed E-state index contributed by atoms with van der Waals surface area (Å²) in [6, 6.07) is 15.1. The second-order valence-electron chi connectivity index (χ2n) is 11.8. The molecule has 0 spiro atoms. The van der Waals surface area contributed by atoms with E-state index in [1.165, 1.54) is 27.8 Å². The number of thiophene rings is 1. The molecule has 1 amide bonds. The number of anilines is 2. The van der Waals surface area contributed by atoms with E-state index in [-0.39, 0.29) is 23.1 Å². The zero-order valence-corrected chi connectivity index (χ0v) is 26.3. The smallest absolute Gasteiger partial charge is 0.293 e. The maximum atomic E-state index is 13.4. The highest BCUT2D eigenvalue weighted by atomic mass is 32.1. The Bertz CT molecular complexity index is 1750. The first kappa shape index (κ1) is 30.0. The molecular formula is C35H38N4O4S. The van der Waals surface area contributed by atoms with Gasteiger partial charge in [-0.25, -0.2) is 4.98 Å². The Balaban J connectivity index is 1.20. The lowest BCUT2D eigenvalue weighted by Gasteiger charge is -2.26. The van der Waals surface area contributed by atoms with E-state index in [2.05, 4.69) is 18.3 Å². The molecule has 2 aliphatic rings. The third-order valence-electron chi connectivity index (χ3n) is 8.87. The second kappa shape index (κ2) is 12.9. The lowest BCUT2D eigenvalue weighted by atomic mass is 9.86. The number of benzene rings is 2. The van der Waals surface area contributed by atoms with Gasteiger partial charge in [0.15, 0.2) is 11.6 Å². The van der Waals surface area contributed by atoms with Crippen molar-refractivity contribution in [3.05, 3.63) is 97.1 Å². The molecule has 228 valence electrons. The Hall–Kier alpha value is -4.08. The van der Waals surface area contributed by atoms with Crippen LogP contribution in [0.15, 0.2) is 59.5 Å². The van der Waals surface area contributed by atoms with Crippen LogP contribution in [0, 0.1) is 12.8 Å². The quantitative estimate of drug-likeness (QED) is 0.247. The number of fused-ring (bicyclic) bond motifs is 1. The number of carbonyl (C=O) groups excluding carboxylic acids is 2. The molecule has 1 aliphatic carbocycles. The van der Waals surface area contributed by atoms with Crippen LogP contribution < -0.4 is 10.9 Å². The molecular weight excluding hydrogens is 572 g/mol. The van der Waals surface area contributed by atoms with E-state index in [0.717, 1.165) is 40.3 Å². The standard InChI is InChI=1S/C35H38N4O4S/c1-4-23-8-13-31-26(18-23)20-32(44-31)30(40)19-25-6-5-7-28(22(25)2)29-21-38(3)35(42)33(37-29)36-27-11-9-24(10-12-27)34(41)39-14-16-43-17-15-39/h5-7,9-12,20-21,23H,4,8,13-19H2,1-3H3,(H,36,37). The van der Waals surface area contributed by atoms with Crippen molar-refractivity contribution in [2.24, 2.45) is 13.0 Å². The van der Waals surface area contributed by atoms with E-state index in [1.54, 1.807) is 53.7 Å². The van der Waals surface area contributed by atoms with Gasteiger partial charge in [-0.1, -0.05) is 31.5 Å². The molecule has 1 atom stereocenters. The first-order valence-corrected chi connectivity index (χ1v) is 16.2. The Morgan fingerprint density at radius 3 is 2.64 bits per heavy atom. The molecule has 2 aromatic carbocycles. The van der Waals surface area contributed by atoms with Gasteiger partial charge in [0.05, 0.1) is 23.8 Å². The summed E-state index contributed by atoms with van der Waals surface area (Å²) in [6.45, 7) is 6.51. The van der Waals surface area contributed by atoms with Crippen LogP contribution >= 0.6 is 11.3 Å². The van der Waals surface area contributed by atoms with Crippen molar-refractivity contribution in [1.82, 2.24) is 14.5 Å². The topological polar surface area (TPSA) is 93.5 Å². The Morgan fingerprint density at radius 2 is 1.89 bits per heavy atom. The highest BCUT2D eigenvalue weighted by Gasteiger charge is 2.23. The molecule has 1 unspecified atom stereocenters. The highest BCUT2D eigenvalue weighted by Crippen LogP contribution is 2.34. The van der Waals surface area contributed by atoms with Crippen LogP contribution in [0.1, 0.15) is 61.4 Å². The second-order valence-corrected chi connectivity index (χ2v) is 12.9. The third kappa shape index (κ3) is 6.25. The van der Waals surface area contributed by atoms with Crippen LogP contribution in [0.3, 0.4) is 0 Å². The number of carbonyl (C=O) groups is 2. The summed E-state index contributed by atoms with van der Waals surface area (Å²) >= 11 is 1.66. The minimum Gasteiger partial charge on any atom is -0.378 e. The summed E-state index contributed by atoms with van der Waals surface area (Å²) in [4.78, 5) is 48.0. The number of aromatic nitrogens is 2. The van der Waals surface area contributed by atoms with E-state index < -0.39 is 0 Å². The maximum absolute atomic E-state index is 13.4. The molecule has 44 heavy (non-hydrogen) atoms. The SMILES string of the molecule is CCC1CCc2sc(C(=O)Cc3cccc(-c4cn(C)c(=O)c(Nc5ccc(C(=O)N6CCOCC6)cc5)n4)c3C)cc2C1. The average molecular weight is 611 g/mol. The van der Waals surface area contributed by atoms with Crippen molar-refractivity contribution in [2.45, 2.75) is 46.0 Å². The van der Waals surface area contributed by atoms with Crippen molar-refractivity contribution in [1.29, 1.82) is 0 Å². The fourth-order valence-electron chi connectivity index (χ4n) is 6.10. The summed E-state index contributed by atoms with van der Waals surface area (Å²) in [5.41, 5.74) is 5.77. The number of ketones is 1. The first-order valence-electron chi connectivity index (χ1n) is 15.4. The number of nitrogens with one attached hydrogen (secondary N) is 1. The Morgan fingerprint density at radius 1 is 1.11 bits per heavy atom. The minimum atomic E-state index is -0.266. The summed E-state index contributed by atoms with van der Waals surface area (Å²) in [5, 5.41) is 3.15. The van der Waals surface area contributed by atoms with E-state index in [0.29, 0.717) is 49.7 Å². The van der Waals surface area contributed by atoms with Gasteiger partial charge in [-0.15, -0.1) is 11.3 Å². The predicted molar refractivity (Wildman–Crippen MR) is 174 cm³/mol. The summed E-state index contributed by atoms with van der Waals surface area (Å²) < 4.78 is 6.86. The third-order valence-corrected chi connectivity index (χ3v) is 10.2. The van der Waals surface area contributed by atoms with E-state index >= 15 is 0 Å². The molecule has 2 aromatic heterocycles. The zero-order valence-electron chi connectivity index (χ0n) is 25.5. The number of nitrogens with zero attached hydrogens (tertiary/aromatic N) is 3. The molecule has 9 heteroatoms. The number of amides is 1. The molecule has 0 saturated carbocycles. The summed E-state index contributed by atoms with van der Waals surface area (Å²) in [7, 11) is 1.70. The van der Waals surface area contributed by atoms with Gasteiger partial charge in [-0.3, -0.25) is 14.4 Å².